The van der Waals surface area contributed by atoms with Crippen LogP contribution in [0.15, 0.2) is 97.1 Å². The molecule has 0 aliphatic rings. The first kappa shape index (κ1) is 18.4. The van der Waals surface area contributed by atoms with Gasteiger partial charge < -0.3 is 5.21 Å². The summed E-state index contributed by atoms with van der Waals surface area (Å²) in [6.45, 7) is 0. The van der Waals surface area contributed by atoms with Gasteiger partial charge in [0.2, 0.25) is 11.4 Å². The van der Waals surface area contributed by atoms with Crippen LogP contribution in [0.5, 0.6) is 0 Å². The summed E-state index contributed by atoms with van der Waals surface area (Å²) in [6, 6.07) is 29.3. The normalized spacial score (nSPS) is 10.6. The molecule has 0 fully saturated rings. The van der Waals surface area contributed by atoms with E-state index in [1.165, 1.54) is 12.1 Å². The Hall–Kier alpha value is -3.99. The topological polar surface area (TPSA) is 70.1 Å². The van der Waals surface area contributed by atoms with E-state index in [9.17, 15) is 15.3 Å². The highest BCUT2D eigenvalue weighted by Gasteiger charge is 2.21. The molecular weight excluding hydrogens is 364 g/mol. The Morgan fingerprint density at radius 3 is 1.97 bits per heavy atom. The molecule has 0 spiro atoms. The Balaban J connectivity index is 1.84. The molecule has 29 heavy (non-hydrogen) atoms. The highest BCUT2D eigenvalue weighted by Crippen LogP contribution is 2.27. The number of nitrogens with zero attached hydrogens (tertiary/aromatic N) is 2. The van der Waals surface area contributed by atoms with Gasteiger partial charge in [0, 0.05) is 41.3 Å². The fourth-order valence-corrected chi connectivity index (χ4v) is 3.40. The summed E-state index contributed by atoms with van der Waals surface area (Å²) >= 11 is 0. The number of hydrogen-bond donors (Lipinski definition) is 0. The van der Waals surface area contributed by atoms with E-state index in [1.807, 2.05) is 66.7 Å². The summed E-state index contributed by atoms with van der Waals surface area (Å²) < 4.78 is 0.925. The van der Waals surface area contributed by atoms with Crippen molar-refractivity contribution in [2.45, 2.75) is 6.42 Å². The molecule has 0 N–H and O–H groups in total. The van der Waals surface area contributed by atoms with Crippen molar-refractivity contribution in [3.63, 3.8) is 0 Å². The summed E-state index contributed by atoms with van der Waals surface area (Å²) in [6.07, 6.45) is 0.633. The Morgan fingerprint density at radius 1 is 0.724 bits per heavy atom. The van der Waals surface area contributed by atoms with E-state index in [-0.39, 0.29) is 5.69 Å². The molecule has 3 aromatic carbocycles. The zero-order valence-electron chi connectivity index (χ0n) is 15.6. The third-order valence-corrected chi connectivity index (χ3v) is 4.83. The van der Waals surface area contributed by atoms with Crippen LogP contribution in [0.3, 0.4) is 0 Å². The third-order valence-electron chi connectivity index (χ3n) is 4.83. The molecule has 0 unspecified atom stereocenters. The van der Waals surface area contributed by atoms with Crippen LogP contribution >= 0.6 is 0 Å². The maximum atomic E-state index is 13.4. The number of hydrogen-bond acceptors (Lipinski definition) is 3. The quantitative estimate of drug-likeness (QED) is 0.207. The second-order valence-electron chi connectivity index (χ2n) is 6.72. The van der Waals surface area contributed by atoms with Crippen LogP contribution in [-0.4, -0.2) is 4.92 Å². The van der Waals surface area contributed by atoms with E-state index in [1.54, 1.807) is 18.2 Å². The van der Waals surface area contributed by atoms with Crippen molar-refractivity contribution in [3.8, 4) is 22.5 Å². The molecule has 0 radical (unpaired) electrons. The first-order valence-electron chi connectivity index (χ1n) is 9.23. The highest BCUT2D eigenvalue weighted by molar-refractivity contribution is 5.65. The van der Waals surface area contributed by atoms with Crippen LogP contribution in [0.1, 0.15) is 11.1 Å². The van der Waals surface area contributed by atoms with Crippen molar-refractivity contribution < 1.29 is 9.65 Å². The van der Waals surface area contributed by atoms with E-state index in [0.717, 1.165) is 21.4 Å². The second kappa shape index (κ2) is 7.94. The van der Waals surface area contributed by atoms with Crippen molar-refractivity contribution >= 4 is 5.69 Å². The number of pyridine rings is 1. The largest absolute Gasteiger partial charge is 0.618 e. The summed E-state index contributed by atoms with van der Waals surface area (Å²) in [4.78, 5) is 10.5. The van der Waals surface area contributed by atoms with E-state index in [4.69, 9.17) is 0 Å². The standard InChI is InChI=1S/C24H18N2O3/c27-25-23(19-11-14-22(15-12-19)26(28)29)16-13-21(17-18-7-3-1-4-8-18)24(25)20-9-5-2-6-10-20/h1-16H,17H2. The minimum atomic E-state index is -0.451. The average Bonchev–Trinajstić information content (AvgIpc) is 2.75. The van der Waals surface area contributed by atoms with Crippen LogP contribution in [0.25, 0.3) is 22.5 Å². The molecule has 5 nitrogen and oxygen atoms in total. The lowest BCUT2D eigenvalue weighted by Crippen LogP contribution is -2.33. The molecule has 0 saturated heterocycles. The second-order valence-corrected chi connectivity index (χ2v) is 6.72. The van der Waals surface area contributed by atoms with E-state index in [0.29, 0.717) is 23.4 Å². The minimum absolute atomic E-state index is 0.00446. The van der Waals surface area contributed by atoms with E-state index >= 15 is 0 Å². The van der Waals surface area contributed by atoms with Gasteiger partial charge in [0.15, 0.2) is 0 Å². The van der Waals surface area contributed by atoms with Crippen molar-refractivity contribution in [3.05, 3.63) is 124 Å². The van der Waals surface area contributed by atoms with Crippen molar-refractivity contribution in [1.82, 2.24) is 0 Å². The van der Waals surface area contributed by atoms with Crippen LogP contribution in [0.4, 0.5) is 5.69 Å². The number of aromatic nitrogens is 1. The van der Waals surface area contributed by atoms with Gasteiger partial charge in [-0.15, -0.1) is 0 Å². The smallest absolute Gasteiger partial charge is 0.269 e. The van der Waals surface area contributed by atoms with E-state index < -0.39 is 4.92 Å². The predicted molar refractivity (Wildman–Crippen MR) is 112 cm³/mol. The lowest BCUT2D eigenvalue weighted by Gasteiger charge is -2.14. The van der Waals surface area contributed by atoms with Gasteiger partial charge in [0.25, 0.3) is 5.69 Å². The van der Waals surface area contributed by atoms with Crippen molar-refractivity contribution in [1.29, 1.82) is 0 Å². The van der Waals surface area contributed by atoms with Crippen LogP contribution in [0, 0.1) is 15.3 Å². The zero-order valence-corrected chi connectivity index (χ0v) is 15.6. The molecule has 1 heterocycles. The molecule has 5 heteroatoms. The van der Waals surface area contributed by atoms with Gasteiger partial charge >= 0.3 is 0 Å². The third kappa shape index (κ3) is 3.84. The molecule has 0 atom stereocenters. The van der Waals surface area contributed by atoms with Crippen molar-refractivity contribution in [2.24, 2.45) is 0 Å². The highest BCUT2D eigenvalue weighted by atomic mass is 16.6. The Labute approximate surface area is 168 Å². The Bertz CT molecular complexity index is 1140. The lowest BCUT2D eigenvalue weighted by atomic mass is 9.98. The lowest BCUT2D eigenvalue weighted by molar-refractivity contribution is -0.582. The van der Waals surface area contributed by atoms with Crippen LogP contribution in [-0.2, 0) is 6.42 Å². The van der Waals surface area contributed by atoms with Gasteiger partial charge in [-0.05, 0) is 35.9 Å². The molecular formula is C24H18N2O3. The van der Waals surface area contributed by atoms with Gasteiger partial charge in [-0.2, -0.15) is 4.73 Å². The Morgan fingerprint density at radius 2 is 1.34 bits per heavy atom. The molecule has 142 valence electrons. The Kier molecular flexibility index (Phi) is 5.03. The van der Waals surface area contributed by atoms with Crippen LogP contribution in [0.2, 0.25) is 0 Å². The maximum Gasteiger partial charge on any atom is 0.269 e. The number of nitro groups is 1. The average molecular weight is 382 g/mol. The van der Waals surface area contributed by atoms with E-state index in [2.05, 4.69) is 0 Å². The molecule has 0 amide bonds. The minimum Gasteiger partial charge on any atom is -0.618 e. The SMILES string of the molecule is O=[N+]([O-])c1ccc(-c2ccc(Cc3ccccc3)c(-c3ccccc3)[n+]2[O-])cc1. The van der Waals surface area contributed by atoms with Crippen LogP contribution < -0.4 is 4.73 Å². The fraction of sp³-hybridized carbons (Fsp3) is 0.0417. The van der Waals surface area contributed by atoms with Gasteiger partial charge in [-0.1, -0.05) is 48.5 Å². The summed E-state index contributed by atoms with van der Waals surface area (Å²) in [5, 5.41) is 24.3. The molecule has 4 rings (SSSR count). The summed E-state index contributed by atoms with van der Waals surface area (Å²) in [5.41, 5.74) is 4.54. The zero-order chi connectivity index (χ0) is 20.2. The maximum absolute atomic E-state index is 13.4. The monoisotopic (exact) mass is 382 g/mol. The van der Waals surface area contributed by atoms with Gasteiger partial charge in [0.05, 0.1) is 4.92 Å². The predicted octanol–water partition coefficient (Wildman–Crippen LogP) is 5.15. The molecule has 0 saturated carbocycles. The number of benzene rings is 3. The summed E-state index contributed by atoms with van der Waals surface area (Å²) in [5.74, 6) is 0. The molecule has 4 aromatic rings. The number of non-ortho nitro benzene ring substituents is 1. The first-order chi connectivity index (χ1) is 14.1. The van der Waals surface area contributed by atoms with Gasteiger partial charge in [-0.25, -0.2) is 0 Å². The van der Waals surface area contributed by atoms with Gasteiger partial charge in [0.1, 0.15) is 0 Å². The molecule has 0 aliphatic heterocycles. The first-order valence-corrected chi connectivity index (χ1v) is 9.23. The number of nitro benzene ring substituents is 1. The molecule has 0 bridgehead atoms. The number of rotatable bonds is 5. The molecule has 1 aromatic heterocycles. The molecule has 0 aliphatic carbocycles. The fourth-order valence-electron chi connectivity index (χ4n) is 3.40. The van der Waals surface area contributed by atoms with Crippen molar-refractivity contribution in [2.75, 3.05) is 0 Å². The summed E-state index contributed by atoms with van der Waals surface area (Å²) in [7, 11) is 0. The van der Waals surface area contributed by atoms with Gasteiger partial charge in [-0.3, -0.25) is 10.1 Å².